The van der Waals surface area contributed by atoms with Crippen LogP contribution in [0.15, 0.2) is 24.3 Å². The van der Waals surface area contributed by atoms with E-state index < -0.39 is 0 Å². The molecular formula is C14H17NO. The zero-order chi connectivity index (χ0) is 11.4. The Kier molecular flexibility index (Phi) is 3.48. The average Bonchev–Trinajstić information content (AvgIpc) is 2.36. The molecule has 2 nitrogen and oxygen atoms in total. The molecule has 1 aliphatic heterocycles. The molecule has 1 aromatic rings. The van der Waals surface area contributed by atoms with Gasteiger partial charge in [0.15, 0.2) is 0 Å². The molecular weight excluding hydrogens is 198 g/mol. The Bertz CT molecular complexity index is 394. The molecule has 2 rings (SSSR count). The highest BCUT2D eigenvalue weighted by atomic mass is 16.5. The summed E-state index contributed by atoms with van der Waals surface area (Å²) >= 11 is 0. The summed E-state index contributed by atoms with van der Waals surface area (Å²) in [4.78, 5) is 0. The van der Waals surface area contributed by atoms with Crippen molar-refractivity contribution in [2.24, 2.45) is 0 Å². The van der Waals surface area contributed by atoms with E-state index in [1.54, 1.807) is 0 Å². The molecule has 0 saturated carbocycles. The van der Waals surface area contributed by atoms with E-state index in [4.69, 9.17) is 11.2 Å². The molecule has 1 aromatic carbocycles. The lowest BCUT2D eigenvalue weighted by Crippen LogP contribution is -2.34. The number of rotatable bonds is 3. The zero-order valence-corrected chi connectivity index (χ0v) is 9.57. The van der Waals surface area contributed by atoms with E-state index in [0.29, 0.717) is 6.04 Å². The predicted octanol–water partition coefficient (Wildman–Crippen LogP) is 2.51. The van der Waals surface area contributed by atoms with Gasteiger partial charge in [-0.2, -0.15) is 0 Å². The first-order chi connectivity index (χ1) is 7.85. The lowest BCUT2D eigenvalue weighted by atomic mass is 9.99. The van der Waals surface area contributed by atoms with Gasteiger partial charge in [-0.1, -0.05) is 31.0 Å². The molecule has 1 heterocycles. The first-order valence-corrected chi connectivity index (χ1v) is 5.79. The Labute approximate surface area is 97.0 Å². The van der Waals surface area contributed by atoms with Crippen molar-refractivity contribution in [1.82, 2.24) is 5.32 Å². The molecule has 2 heteroatoms. The van der Waals surface area contributed by atoms with Gasteiger partial charge < -0.3 is 4.74 Å². The molecule has 2 atom stereocenters. The number of ether oxygens (including phenoxy) is 1. The first kappa shape index (κ1) is 11.0. The third kappa shape index (κ3) is 2.20. The number of benzene rings is 1. The summed E-state index contributed by atoms with van der Waals surface area (Å²) in [5, 5.41) is 3.50. The normalized spacial score (nSPS) is 20.4. The molecule has 0 saturated heterocycles. The van der Waals surface area contributed by atoms with Gasteiger partial charge in [0, 0.05) is 18.0 Å². The van der Waals surface area contributed by atoms with E-state index in [9.17, 15) is 0 Å². The molecule has 0 aromatic heterocycles. The van der Waals surface area contributed by atoms with Crippen LogP contribution in [0.5, 0.6) is 5.75 Å². The molecule has 0 radical (unpaired) electrons. The number of nitrogens with one attached hydrogen (secondary N) is 1. The molecule has 0 bridgehead atoms. The van der Waals surface area contributed by atoms with Crippen molar-refractivity contribution in [3.05, 3.63) is 29.8 Å². The van der Waals surface area contributed by atoms with E-state index in [0.717, 1.165) is 25.2 Å². The summed E-state index contributed by atoms with van der Waals surface area (Å²) in [5.41, 5.74) is 1.22. The Morgan fingerprint density at radius 2 is 2.38 bits per heavy atom. The fourth-order valence-electron chi connectivity index (χ4n) is 2.04. The van der Waals surface area contributed by atoms with Crippen molar-refractivity contribution < 1.29 is 4.74 Å². The van der Waals surface area contributed by atoms with Gasteiger partial charge in [0.1, 0.15) is 5.75 Å². The van der Waals surface area contributed by atoms with Crippen LogP contribution in [0.2, 0.25) is 0 Å². The SMILES string of the molecule is C#CC(CC)NC1CCOc2ccccc21. The van der Waals surface area contributed by atoms with Gasteiger partial charge in [-0.05, 0) is 12.5 Å². The van der Waals surface area contributed by atoms with Crippen molar-refractivity contribution >= 4 is 0 Å². The van der Waals surface area contributed by atoms with Gasteiger partial charge >= 0.3 is 0 Å². The molecule has 0 spiro atoms. The largest absolute Gasteiger partial charge is 0.493 e. The Balaban J connectivity index is 2.16. The Hall–Kier alpha value is -1.46. The zero-order valence-electron chi connectivity index (χ0n) is 9.57. The maximum absolute atomic E-state index is 5.61. The van der Waals surface area contributed by atoms with Crippen LogP contribution in [0.25, 0.3) is 0 Å². The molecule has 84 valence electrons. The predicted molar refractivity (Wildman–Crippen MR) is 65.3 cm³/mol. The molecule has 0 amide bonds. The summed E-state index contributed by atoms with van der Waals surface area (Å²) in [6, 6.07) is 8.64. The number of para-hydroxylation sites is 1. The second-order valence-corrected chi connectivity index (χ2v) is 4.02. The molecule has 1 aliphatic rings. The van der Waals surface area contributed by atoms with Crippen LogP contribution >= 0.6 is 0 Å². The summed E-state index contributed by atoms with van der Waals surface area (Å²) in [6.07, 6.45) is 7.41. The fourth-order valence-corrected chi connectivity index (χ4v) is 2.04. The Morgan fingerprint density at radius 3 is 3.12 bits per heavy atom. The minimum absolute atomic E-state index is 0.149. The van der Waals surface area contributed by atoms with E-state index in [-0.39, 0.29) is 6.04 Å². The number of hydrogen-bond donors (Lipinski definition) is 1. The van der Waals surface area contributed by atoms with Crippen LogP contribution < -0.4 is 10.1 Å². The van der Waals surface area contributed by atoms with E-state index in [2.05, 4.69) is 24.2 Å². The average molecular weight is 215 g/mol. The van der Waals surface area contributed by atoms with Crippen LogP contribution in [-0.4, -0.2) is 12.6 Å². The molecule has 0 aliphatic carbocycles. The first-order valence-electron chi connectivity index (χ1n) is 5.79. The summed E-state index contributed by atoms with van der Waals surface area (Å²) in [6.45, 7) is 2.86. The van der Waals surface area contributed by atoms with Crippen molar-refractivity contribution in [2.75, 3.05) is 6.61 Å². The number of fused-ring (bicyclic) bond motifs is 1. The fraction of sp³-hybridized carbons (Fsp3) is 0.429. The van der Waals surface area contributed by atoms with Gasteiger partial charge in [-0.3, -0.25) is 5.32 Å². The van der Waals surface area contributed by atoms with Gasteiger partial charge in [0.25, 0.3) is 0 Å². The van der Waals surface area contributed by atoms with Crippen LogP contribution in [0, 0.1) is 12.3 Å². The van der Waals surface area contributed by atoms with E-state index >= 15 is 0 Å². The lowest BCUT2D eigenvalue weighted by molar-refractivity contribution is 0.248. The molecule has 1 N–H and O–H groups in total. The maximum atomic E-state index is 5.61. The van der Waals surface area contributed by atoms with Crippen LogP contribution in [0.4, 0.5) is 0 Å². The Morgan fingerprint density at radius 1 is 1.56 bits per heavy atom. The smallest absolute Gasteiger partial charge is 0.124 e. The van der Waals surface area contributed by atoms with Gasteiger partial charge in [-0.15, -0.1) is 6.42 Å². The number of terminal acetylenes is 1. The van der Waals surface area contributed by atoms with Gasteiger partial charge in [-0.25, -0.2) is 0 Å². The minimum Gasteiger partial charge on any atom is -0.493 e. The van der Waals surface area contributed by atoms with E-state index in [1.807, 2.05) is 18.2 Å². The molecule has 16 heavy (non-hydrogen) atoms. The summed E-state index contributed by atoms with van der Waals surface area (Å²) < 4.78 is 5.61. The molecule has 0 fully saturated rings. The number of hydrogen-bond acceptors (Lipinski definition) is 2. The van der Waals surface area contributed by atoms with Crippen molar-refractivity contribution in [3.8, 4) is 18.1 Å². The third-order valence-electron chi connectivity index (χ3n) is 2.97. The van der Waals surface area contributed by atoms with Gasteiger partial charge in [0.05, 0.1) is 12.6 Å². The highest BCUT2D eigenvalue weighted by Crippen LogP contribution is 2.31. The van der Waals surface area contributed by atoms with Crippen molar-refractivity contribution in [2.45, 2.75) is 31.8 Å². The lowest BCUT2D eigenvalue weighted by Gasteiger charge is -2.28. The standard InChI is InChI=1S/C14H17NO/c1-3-11(4-2)15-13-9-10-16-14-8-6-5-7-12(13)14/h1,5-8,11,13,15H,4,9-10H2,2H3. The second-order valence-electron chi connectivity index (χ2n) is 4.02. The third-order valence-corrected chi connectivity index (χ3v) is 2.97. The summed E-state index contributed by atoms with van der Waals surface area (Å²) in [5.74, 6) is 3.76. The highest BCUT2D eigenvalue weighted by Gasteiger charge is 2.22. The quantitative estimate of drug-likeness (QED) is 0.782. The second kappa shape index (κ2) is 5.05. The summed E-state index contributed by atoms with van der Waals surface area (Å²) in [7, 11) is 0. The maximum Gasteiger partial charge on any atom is 0.124 e. The van der Waals surface area contributed by atoms with Crippen LogP contribution in [-0.2, 0) is 0 Å². The van der Waals surface area contributed by atoms with Crippen LogP contribution in [0.3, 0.4) is 0 Å². The van der Waals surface area contributed by atoms with E-state index in [1.165, 1.54) is 5.56 Å². The monoisotopic (exact) mass is 215 g/mol. The van der Waals surface area contributed by atoms with Gasteiger partial charge in [0.2, 0.25) is 0 Å². The molecule has 2 unspecified atom stereocenters. The van der Waals surface area contributed by atoms with Crippen molar-refractivity contribution in [1.29, 1.82) is 0 Å². The van der Waals surface area contributed by atoms with Crippen LogP contribution in [0.1, 0.15) is 31.4 Å². The van der Waals surface area contributed by atoms with Crippen molar-refractivity contribution in [3.63, 3.8) is 0 Å². The topological polar surface area (TPSA) is 21.3 Å². The minimum atomic E-state index is 0.149. The highest BCUT2D eigenvalue weighted by molar-refractivity contribution is 5.37.